The second kappa shape index (κ2) is 9.48. The van der Waals surface area contributed by atoms with Crippen LogP contribution in [-0.4, -0.2) is 23.2 Å². The molecule has 0 fully saturated rings. The molecule has 0 aliphatic carbocycles. The summed E-state index contributed by atoms with van der Waals surface area (Å²) in [4.78, 5) is 12.1. The van der Waals surface area contributed by atoms with Gasteiger partial charge in [-0.25, -0.2) is 4.39 Å². The van der Waals surface area contributed by atoms with Crippen LogP contribution in [0.15, 0.2) is 52.9 Å². The number of aryl methyl sites for hydroxylation is 1. The van der Waals surface area contributed by atoms with Gasteiger partial charge in [0, 0.05) is 12.2 Å². The molecule has 3 rings (SSSR count). The van der Waals surface area contributed by atoms with Crippen LogP contribution in [0.4, 0.5) is 9.52 Å². The molecule has 0 unspecified atom stereocenters. The van der Waals surface area contributed by atoms with E-state index in [1.807, 2.05) is 18.2 Å². The molecule has 1 N–H and O–H groups in total. The van der Waals surface area contributed by atoms with E-state index in [4.69, 9.17) is 4.74 Å². The van der Waals surface area contributed by atoms with E-state index in [1.54, 1.807) is 23.9 Å². The molecular formula is C19H18FN3O2S2. The van der Waals surface area contributed by atoms with Crippen molar-refractivity contribution in [3.05, 3.63) is 65.5 Å². The number of hydrogen-bond donors (Lipinski definition) is 1. The van der Waals surface area contributed by atoms with Gasteiger partial charge in [0.15, 0.2) is 15.9 Å². The normalized spacial score (nSPS) is 10.6. The Labute approximate surface area is 165 Å². The number of aromatic nitrogens is 2. The van der Waals surface area contributed by atoms with Crippen LogP contribution in [0, 0.1) is 5.82 Å². The first-order valence-electron chi connectivity index (χ1n) is 8.26. The van der Waals surface area contributed by atoms with Crippen LogP contribution >= 0.6 is 23.1 Å². The number of hydrogen-bond acceptors (Lipinski definition) is 6. The minimum Gasteiger partial charge on any atom is -0.494 e. The number of methoxy groups -OCH3 is 1. The van der Waals surface area contributed by atoms with E-state index in [9.17, 15) is 9.18 Å². The number of halogens is 1. The monoisotopic (exact) mass is 403 g/mol. The Morgan fingerprint density at radius 3 is 2.74 bits per heavy atom. The van der Waals surface area contributed by atoms with Gasteiger partial charge in [0.2, 0.25) is 11.0 Å². The third-order valence-electron chi connectivity index (χ3n) is 3.71. The second-order valence-electron chi connectivity index (χ2n) is 5.66. The number of ether oxygens (including phenoxy) is 1. The molecule has 0 radical (unpaired) electrons. The Hall–Kier alpha value is -2.45. The average Bonchev–Trinajstić information content (AvgIpc) is 3.13. The third-order valence-corrected chi connectivity index (χ3v) is 5.76. The summed E-state index contributed by atoms with van der Waals surface area (Å²) in [7, 11) is 1.42. The summed E-state index contributed by atoms with van der Waals surface area (Å²) in [6, 6.07) is 14.8. The number of rotatable bonds is 8. The maximum atomic E-state index is 13.7. The van der Waals surface area contributed by atoms with E-state index in [1.165, 1.54) is 30.1 Å². The molecule has 5 nitrogen and oxygen atoms in total. The standard InChI is InChI=1S/C19H18FN3O2S2/c1-25-16-9-7-13(11-15(16)20)8-10-17(24)21-18-22-23-19(27-18)26-12-14-5-3-2-4-6-14/h2-7,9,11H,8,10,12H2,1H3,(H,21,22,24). The molecule has 140 valence electrons. The minimum absolute atomic E-state index is 0.179. The van der Waals surface area contributed by atoms with Crippen molar-refractivity contribution < 1.29 is 13.9 Å². The molecule has 1 aromatic heterocycles. The van der Waals surface area contributed by atoms with Crippen LogP contribution in [0.2, 0.25) is 0 Å². The Kier molecular flexibility index (Phi) is 6.78. The predicted molar refractivity (Wildman–Crippen MR) is 106 cm³/mol. The highest BCUT2D eigenvalue weighted by Gasteiger charge is 2.10. The summed E-state index contributed by atoms with van der Waals surface area (Å²) in [5.41, 5.74) is 1.94. The van der Waals surface area contributed by atoms with Gasteiger partial charge in [-0.1, -0.05) is 59.5 Å². The molecule has 0 saturated carbocycles. The number of carbonyl (C=O) groups is 1. The number of benzene rings is 2. The molecule has 27 heavy (non-hydrogen) atoms. The number of carbonyl (C=O) groups excluding carboxylic acids is 1. The Balaban J connectivity index is 1.47. The van der Waals surface area contributed by atoms with Crippen LogP contribution in [0.3, 0.4) is 0 Å². The van der Waals surface area contributed by atoms with Crippen LogP contribution in [-0.2, 0) is 17.0 Å². The van der Waals surface area contributed by atoms with E-state index in [-0.39, 0.29) is 18.1 Å². The molecule has 8 heteroatoms. The summed E-state index contributed by atoms with van der Waals surface area (Å²) in [6.07, 6.45) is 0.666. The lowest BCUT2D eigenvalue weighted by Gasteiger charge is -2.05. The lowest BCUT2D eigenvalue weighted by atomic mass is 10.1. The van der Waals surface area contributed by atoms with Crippen LogP contribution in [0.25, 0.3) is 0 Å². The fourth-order valence-corrected chi connectivity index (χ4v) is 4.07. The van der Waals surface area contributed by atoms with E-state index in [2.05, 4.69) is 27.6 Å². The first-order chi connectivity index (χ1) is 13.1. The summed E-state index contributed by atoms with van der Waals surface area (Å²) in [5.74, 6) is 0.381. The Morgan fingerprint density at radius 1 is 1.19 bits per heavy atom. The van der Waals surface area contributed by atoms with Crippen molar-refractivity contribution in [1.82, 2.24) is 10.2 Å². The van der Waals surface area contributed by atoms with Gasteiger partial charge in [-0.15, -0.1) is 10.2 Å². The molecule has 0 aliphatic rings. The van der Waals surface area contributed by atoms with Gasteiger partial charge in [0.1, 0.15) is 0 Å². The average molecular weight is 404 g/mol. The lowest BCUT2D eigenvalue weighted by molar-refractivity contribution is -0.116. The number of nitrogens with one attached hydrogen (secondary N) is 1. The van der Waals surface area contributed by atoms with Crippen LogP contribution < -0.4 is 10.1 Å². The summed E-state index contributed by atoms with van der Waals surface area (Å²) in [5, 5.41) is 11.3. The topological polar surface area (TPSA) is 64.1 Å². The van der Waals surface area contributed by atoms with Crippen molar-refractivity contribution in [2.75, 3.05) is 12.4 Å². The predicted octanol–water partition coefficient (Wildman–Crippen LogP) is 4.55. The molecular weight excluding hydrogens is 385 g/mol. The van der Waals surface area contributed by atoms with Crippen molar-refractivity contribution in [3.63, 3.8) is 0 Å². The first-order valence-corrected chi connectivity index (χ1v) is 10.1. The highest BCUT2D eigenvalue weighted by molar-refractivity contribution is 8.00. The largest absolute Gasteiger partial charge is 0.494 e. The highest BCUT2D eigenvalue weighted by atomic mass is 32.2. The number of nitrogens with zero attached hydrogens (tertiary/aromatic N) is 2. The summed E-state index contributed by atoms with van der Waals surface area (Å²) in [6.45, 7) is 0. The summed E-state index contributed by atoms with van der Waals surface area (Å²) >= 11 is 2.92. The molecule has 0 spiro atoms. The quantitative estimate of drug-likeness (QED) is 0.442. The molecule has 0 saturated heterocycles. The van der Waals surface area contributed by atoms with Gasteiger partial charge in [-0.2, -0.15) is 0 Å². The maximum Gasteiger partial charge on any atom is 0.226 e. The van der Waals surface area contributed by atoms with Crippen LogP contribution in [0.1, 0.15) is 17.5 Å². The zero-order valence-electron chi connectivity index (χ0n) is 14.6. The van der Waals surface area contributed by atoms with Gasteiger partial charge >= 0.3 is 0 Å². The lowest BCUT2D eigenvalue weighted by Crippen LogP contribution is -2.12. The third kappa shape index (κ3) is 5.77. The van der Waals surface area contributed by atoms with Crippen molar-refractivity contribution in [2.45, 2.75) is 22.9 Å². The number of anilines is 1. The van der Waals surface area contributed by atoms with E-state index in [0.29, 0.717) is 11.6 Å². The molecule has 1 heterocycles. The van der Waals surface area contributed by atoms with Gasteiger partial charge in [0.05, 0.1) is 7.11 Å². The van der Waals surface area contributed by atoms with E-state index >= 15 is 0 Å². The fourth-order valence-electron chi connectivity index (χ4n) is 2.34. The second-order valence-corrected chi connectivity index (χ2v) is 7.86. The van der Waals surface area contributed by atoms with Crippen LogP contribution in [0.5, 0.6) is 5.75 Å². The molecule has 0 aliphatic heterocycles. The number of amides is 1. The molecule has 0 bridgehead atoms. The van der Waals surface area contributed by atoms with Gasteiger partial charge < -0.3 is 10.1 Å². The maximum absolute atomic E-state index is 13.7. The summed E-state index contributed by atoms with van der Waals surface area (Å²) < 4.78 is 19.4. The molecule has 2 aromatic carbocycles. The smallest absolute Gasteiger partial charge is 0.226 e. The van der Waals surface area contributed by atoms with Crippen molar-refractivity contribution in [2.24, 2.45) is 0 Å². The Morgan fingerprint density at radius 2 is 2.00 bits per heavy atom. The molecule has 3 aromatic rings. The molecule has 1 amide bonds. The van der Waals surface area contributed by atoms with Gasteiger partial charge in [-0.3, -0.25) is 4.79 Å². The van der Waals surface area contributed by atoms with Gasteiger partial charge in [0.25, 0.3) is 0 Å². The zero-order valence-corrected chi connectivity index (χ0v) is 16.3. The highest BCUT2D eigenvalue weighted by Crippen LogP contribution is 2.28. The minimum atomic E-state index is -0.431. The Bertz CT molecular complexity index is 903. The first kappa shape index (κ1) is 19.3. The zero-order chi connectivity index (χ0) is 19.1. The van der Waals surface area contributed by atoms with E-state index < -0.39 is 5.82 Å². The van der Waals surface area contributed by atoms with E-state index in [0.717, 1.165) is 15.7 Å². The van der Waals surface area contributed by atoms with Crippen molar-refractivity contribution in [1.29, 1.82) is 0 Å². The van der Waals surface area contributed by atoms with Crippen molar-refractivity contribution in [3.8, 4) is 5.75 Å². The number of thioether (sulfide) groups is 1. The SMILES string of the molecule is COc1ccc(CCC(=O)Nc2nnc(SCc3ccccc3)s2)cc1F. The van der Waals surface area contributed by atoms with Gasteiger partial charge in [-0.05, 0) is 29.7 Å². The molecule has 0 atom stereocenters. The fraction of sp³-hybridized carbons (Fsp3) is 0.211. The van der Waals surface area contributed by atoms with Crippen molar-refractivity contribution >= 4 is 34.1 Å².